The Hall–Kier alpha value is -4.21. The topological polar surface area (TPSA) is 272 Å². The van der Waals surface area contributed by atoms with E-state index in [2.05, 4.69) is 25.6 Å². The number of aromatic amines is 1. The quantitative estimate of drug-likeness (QED) is 0.0644. The molecule has 0 bridgehead atoms. The highest BCUT2D eigenvalue weighted by atomic mass is 16.4. The summed E-state index contributed by atoms with van der Waals surface area (Å²) in [6.07, 6.45) is 3.61. The minimum absolute atomic E-state index is 0.120. The number of nitrogens with zero attached hydrogens (tertiary/aromatic N) is 3. The van der Waals surface area contributed by atoms with E-state index in [0.29, 0.717) is 18.5 Å². The zero-order chi connectivity index (χ0) is 28.2. The second kappa shape index (κ2) is 14.5. The molecule has 1 aliphatic heterocycles. The molecule has 0 aromatic carbocycles. The van der Waals surface area contributed by atoms with E-state index in [1.54, 1.807) is 0 Å². The summed E-state index contributed by atoms with van der Waals surface area (Å²) in [6.45, 7) is 0.417. The van der Waals surface area contributed by atoms with Crippen LogP contribution in [0.3, 0.4) is 0 Å². The van der Waals surface area contributed by atoms with Crippen LogP contribution in [-0.4, -0.2) is 98.0 Å². The monoisotopic (exact) mass is 537 g/mol. The van der Waals surface area contributed by atoms with Crippen LogP contribution in [0.2, 0.25) is 0 Å². The van der Waals surface area contributed by atoms with Gasteiger partial charge in [0, 0.05) is 37.8 Å². The fraction of sp³-hybridized carbons (Fsp3) is 0.591. The molecule has 2 rings (SSSR count). The summed E-state index contributed by atoms with van der Waals surface area (Å²) in [5.74, 6) is -4.54. The van der Waals surface area contributed by atoms with Crippen molar-refractivity contribution in [3.8, 4) is 0 Å². The van der Waals surface area contributed by atoms with Crippen LogP contribution >= 0.6 is 0 Å². The normalized spacial score (nSPS) is 17.2. The molecule has 1 fully saturated rings. The van der Waals surface area contributed by atoms with Gasteiger partial charge in [0.2, 0.25) is 17.7 Å². The third kappa shape index (κ3) is 9.34. The van der Waals surface area contributed by atoms with Crippen molar-refractivity contribution >= 4 is 35.6 Å². The Morgan fingerprint density at radius 2 is 1.89 bits per heavy atom. The van der Waals surface area contributed by atoms with Gasteiger partial charge in [-0.05, 0) is 32.1 Å². The molecule has 2 heterocycles. The minimum Gasteiger partial charge on any atom is -0.481 e. The average Bonchev–Trinajstić information content (AvgIpc) is 3.54. The number of guanidine groups is 1. The summed E-state index contributed by atoms with van der Waals surface area (Å²) in [7, 11) is 0. The molecule has 1 saturated heterocycles. The van der Waals surface area contributed by atoms with E-state index in [1.165, 1.54) is 17.4 Å². The summed E-state index contributed by atoms with van der Waals surface area (Å²) in [5, 5.41) is 23.2. The van der Waals surface area contributed by atoms with Crippen molar-refractivity contribution in [3.63, 3.8) is 0 Å². The number of aliphatic imine (C=N–C) groups is 1. The molecule has 0 aliphatic carbocycles. The number of rotatable bonds is 15. The molecule has 0 spiro atoms. The third-order valence-corrected chi connectivity index (χ3v) is 5.99. The SMILES string of the molecule is NC(N)=NCCCC(NC(=O)C(N)Cc1cnc[nH]1)C(=O)N1CCCC1C(=O)NC(CCC(=O)O)C(=O)O. The van der Waals surface area contributed by atoms with Gasteiger partial charge in [0.05, 0.1) is 12.4 Å². The predicted octanol–water partition coefficient (Wildman–Crippen LogP) is -2.76. The van der Waals surface area contributed by atoms with Crippen molar-refractivity contribution in [2.75, 3.05) is 13.1 Å². The van der Waals surface area contributed by atoms with Gasteiger partial charge in [0.25, 0.3) is 0 Å². The highest BCUT2D eigenvalue weighted by molar-refractivity contribution is 5.94. The van der Waals surface area contributed by atoms with E-state index in [1.807, 2.05) is 0 Å². The number of amides is 3. The zero-order valence-electron chi connectivity index (χ0n) is 20.8. The van der Waals surface area contributed by atoms with Crippen molar-refractivity contribution in [2.24, 2.45) is 22.2 Å². The fourth-order valence-electron chi connectivity index (χ4n) is 4.06. The number of hydrogen-bond acceptors (Lipinski definition) is 8. The number of hydrogen-bond donors (Lipinski definition) is 8. The van der Waals surface area contributed by atoms with Gasteiger partial charge in [0.15, 0.2) is 5.96 Å². The minimum atomic E-state index is -1.42. The molecule has 38 heavy (non-hydrogen) atoms. The lowest BCUT2D eigenvalue weighted by Crippen LogP contribution is -2.57. The van der Waals surface area contributed by atoms with Crippen molar-refractivity contribution in [2.45, 2.75) is 69.1 Å². The first kappa shape index (κ1) is 30.0. The molecule has 0 saturated carbocycles. The number of carboxylic acids is 2. The number of aromatic nitrogens is 2. The Morgan fingerprint density at radius 3 is 2.50 bits per heavy atom. The maximum absolute atomic E-state index is 13.5. The number of nitrogens with one attached hydrogen (secondary N) is 3. The van der Waals surface area contributed by atoms with Crippen LogP contribution < -0.4 is 27.8 Å². The summed E-state index contributed by atoms with van der Waals surface area (Å²) in [5.41, 5.74) is 17.3. The van der Waals surface area contributed by atoms with Gasteiger partial charge >= 0.3 is 11.9 Å². The summed E-state index contributed by atoms with van der Waals surface area (Å²) in [6, 6.07) is -4.43. The number of aliphatic carboxylic acids is 2. The number of likely N-dealkylation sites (tertiary alicyclic amines) is 1. The van der Waals surface area contributed by atoms with E-state index in [9.17, 15) is 29.1 Å². The van der Waals surface area contributed by atoms with Crippen LogP contribution in [0.15, 0.2) is 17.5 Å². The second-order valence-corrected chi connectivity index (χ2v) is 8.92. The number of carbonyl (C=O) groups excluding carboxylic acids is 3. The van der Waals surface area contributed by atoms with E-state index in [4.69, 9.17) is 22.3 Å². The Morgan fingerprint density at radius 1 is 1.16 bits per heavy atom. The number of carbonyl (C=O) groups is 5. The Labute approximate surface area is 218 Å². The van der Waals surface area contributed by atoms with Gasteiger partial charge in [0.1, 0.15) is 18.1 Å². The summed E-state index contributed by atoms with van der Waals surface area (Å²) in [4.78, 5) is 73.4. The standard InChI is InChI=1S/C22H35N9O7/c23-13(9-12-10-26-11-28-12)18(34)29-14(3-1-7-27-22(24)25)20(36)31-8-2-4-16(31)19(35)30-15(21(37)38)5-6-17(32)33/h10-11,13-16H,1-9,23H2,(H,26,28)(H,29,34)(H,30,35)(H,32,33)(H,37,38)(H4,24,25,27). The molecule has 11 N–H and O–H groups in total. The molecule has 4 unspecified atom stereocenters. The Balaban J connectivity index is 2.12. The lowest BCUT2D eigenvalue weighted by atomic mass is 10.1. The third-order valence-electron chi connectivity index (χ3n) is 5.99. The summed E-state index contributed by atoms with van der Waals surface area (Å²) < 4.78 is 0. The van der Waals surface area contributed by atoms with E-state index < -0.39 is 60.2 Å². The molecule has 0 radical (unpaired) electrons. The van der Waals surface area contributed by atoms with Crippen molar-refractivity contribution in [1.82, 2.24) is 25.5 Å². The summed E-state index contributed by atoms with van der Waals surface area (Å²) >= 11 is 0. The molecule has 16 nitrogen and oxygen atoms in total. The van der Waals surface area contributed by atoms with Crippen molar-refractivity contribution in [3.05, 3.63) is 18.2 Å². The van der Waals surface area contributed by atoms with Gasteiger partial charge in [-0.15, -0.1) is 0 Å². The highest BCUT2D eigenvalue weighted by Gasteiger charge is 2.39. The smallest absolute Gasteiger partial charge is 0.326 e. The molecule has 3 amide bonds. The number of H-pyrrole nitrogens is 1. The van der Waals surface area contributed by atoms with Gasteiger partial charge in [-0.2, -0.15) is 0 Å². The number of carboxylic acid groups (broad SMARTS) is 2. The molecule has 1 aromatic rings. The Kier molecular flexibility index (Phi) is 11.5. The molecular formula is C22H35N9O7. The van der Waals surface area contributed by atoms with Crippen LogP contribution in [-0.2, 0) is 30.4 Å². The first-order valence-corrected chi connectivity index (χ1v) is 12.1. The zero-order valence-corrected chi connectivity index (χ0v) is 20.8. The van der Waals surface area contributed by atoms with Crippen LogP contribution in [0.5, 0.6) is 0 Å². The van der Waals surface area contributed by atoms with Crippen LogP contribution in [0.25, 0.3) is 0 Å². The first-order valence-electron chi connectivity index (χ1n) is 12.1. The highest BCUT2D eigenvalue weighted by Crippen LogP contribution is 2.20. The largest absolute Gasteiger partial charge is 0.481 e. The molecule has 1 aromatic heterocycles. The molecule has 1 aliphatic rings. The maximum atomic E-state index is 13.5. The maximum Gasteiger partial charge on any atom is 0.326 e. The van der Waals surface area contributed by atoms with E-state index in [-0.39, 0.29) is 44.7 Å². The Bertz CT molecular complexity index is 1010. The molecule has 210 valence electrons. The van der Waals surface area contributed by atoms with Gasteiger partial charge < -0.3 is 47.9 Å². The van der Waals surface area contributed by atoms with Gasteiger partial charge in [-0.3, -0.25) is 24.2 Å². The first-order chi connectivity index (χ1) is 18.0. The molecule has 4 atom stereocenters. The number of imidazole rings is 1. The second-order valence-electron chi connectivity index (χ2n) is 8.92. The predicted molar refractivity (Wildman–Crippen MR) is 133 cm³/mol. The van der Waals surface area contributed by atoms with Crippen molar-refractivity contribution in [1.29, 1.82) is 0 Å². The lowest BCUT2D eigenvalue weighted by Gasteiger charge is -2.30. The lowest BCUT2D eigenvalue weighted by molar-refractivity contribution is -0.145. The van der Waals surface area contributed by atoms with Crippen molar-refractivity contribution < 1.29 is 34.2 Å². The number of nitrogens with two attached hydrogens (primary N) is 3. The van der Waals surface area contributed by atoms with E-state index in [0.717, 1.165) is 0 Å². The van der Waals surface area contributed by atoms with Crippen LogP contribution in [0.4, 0.5) is 0 Å². The molecule has 16 heteroatoms. The average molecular weight is 538 g/mol. The fourth-order valence-corrected chi connectivity index (χ4v) is 4.06. The van der Waals surface area contributed by atoms with Crippen LogP contribution in [0, 0.1) is 0 Å². The van der Waals surface area contributed by atoms with Gasteiger partial charge in [-0.25, -0.2) is 9.78 Å². The van der Waals surface area contributed by atoms with Crippen LogP contribution in [0.1, 0.15) is 44.2 Å². The molecular weight excluding hydrogens is 502 g/mol. The van der Waals surface area contributed by atoms with E-state index >= 15 is 0 Å². The van der Waals surface area contributed by atoms with Gasteiger partial charge in [-0.1, -0.05) is 0 Å².